The zero-order valence-electron chi connectivity index (χ0n) is 10.5. The second kappa shape index (κ2) is 5.86. The number of hydrogen-bond acceptors (Lipinski definition) is 3. The topological polar surface area (TPSA) is 49.8 Å². The lowest BCUT2D eigenvalue weighted by Gasteiger charge is -2.31. The number of carbonyl (C=O) groups is 1. The second-order valence-electron chi connectivity index (χ2n) is 4.63. The van der Waals surface area contributed by atoms with Crippen molar-refractivity contribution in [2.75, 3.05) is 19.7 Å². The van der Waals surface area contributed by atoms with Gasteiger partial charge in [-0.1, -0.05) is 11.6 Å². The minimum absolute atomic E-state index is 0.279. The van der Waals surface area contributed by atoms with Crippen molar-refractivity contribution in [3.8, 4) is 0 Å². The summed E-state index contributed by atoms with van der Waals surface area (Å²) < 4.78 is 18.7. The molecule has 0 radical (unpaired) electrons. The summed E-state index contributed by atoms with van der Waals surface area (Å²) in [5.41, 5.74) is 1.16. The largest absolute Gasteiger partial charge is 0.479 e. The number of rotatable bonds is 3. The van der Waals surface area contributed by atoms with E-state index < -0.39 is 12.1 Å². The molecule has 1 atom stereocenters. The fourth-order valence-electron chi connectivity index (χ4n) is 2.05. The Morgan fingerprint density at radius 3 is 3.05 bits per heavy atom. The van der Waals surface area contributed by atoms with Gasteiger partial charge in [-0.2, -0.15) is 0 Å². The summed E-state index contributed by atoms with van der Waals surface area (Å²) in [4.78, 5) is 12.8. The quantitative estimate of drug-likeness (QED) is 0.925. The molecular weight excluding hydrogens is 273 g/mol. The molecule has 1 fully saturated rings. The molecule has 19 heavy (non-hydrogen) atoms. The fourth-order valence-corrected chi connectivity index (χ4v) is 2.32. The molecule has 6 heteroatoms. The van der Waals surface area contributed by atoms with Crippen LogP contribution in [-0.4, -0.2) is 41.8 Å². The van der Waals surface area contributed by atoms with Crippen LogP contribution in [0.5, 0.6) is 0 Å². The van der Waals surface area contributed by atoms with Gasteiger partial charge in [-0.15, -0.1) is 0 Å². The lowest BCUT2D eigenvalue weighted by atomic mass is 10.1. The number of halogens is 2. The van der Waals surface area contributed by atoms with Gasteiger partial charge in [0.25, 0.3) is 0 Å². The van der Waals surface area contributed by atoms with Crippen LogP contribution >= 0.6 is 11.6 Å². The van der Waals surface area contributed by atoms with Gasteiger partial charge in [0.05, 0.1) is 6.61 Å². The Morgan fingerprint density at radius 1 is 1.63 bits per heavy atom. The molecule has 0 spiro atoms. The van der Waals surface area contributed by atoms with Crippen LogP contribution in [0.25, 0.3) is 0 Å². The lowest BCUT2D eigenvalue weighted by Crippen LogP contribution is -2.45. The summed E-state index contributed by atoms with van der Waals surface area (Å²) in [7, 11) is 0. The van der Waals surface area contributed by atoms with Crippen molar-refractivity contribution in [3.05, 3.63) is 34.1 Å². The Kier molecular flexibility index (Phi) is 4.39. The fraction of sp³-hybridized carbons (Fsp3) is 0.462. The molecule has 1 aliphatic rings. The normalized spacial score (nSPS) is 20.5. The van der Waals surface area contributed by atoms with E-state index in [1.807, 2.05) is 4.90 Å². The number of ether oxygens (including phenoxy) is 1. The molecule has 4 nitrogen and oxygen atoms in total. The third-order valence-corrected chi connectivity index (χ3v) is 3.50. The molecule has 2 rings (SSSR count). The maximum absolute atomic E-state index is 13.5. The molecule has 104 valence electrons. The van der Waals surface area contributed by atoms with Crippen molar-refractivity contribution < 1.29 is 19.0 Å². The highest BCUT2D eigenvalue weighted by atomic mass is 35.5. The Labute approximate surface area is 115 Å². The number of aliphatic carboxylic acids is 1. The predicted octanol–water partition coefficient (Wildman–Crippen LogP) is 2.07. The highest BCUT2D eigenvalue weighted by Crippen LogP contribution is 2.22. The standard InChI is InChI=1S/C13H15ClFNO3/c1-8-4-10(14)9(5-11(8)15)6-16-2-3-19-12(7-16)13(17)18/h4-5,12H,2-3,6-7H2,1H3,(H,17,18). The number of aryl methyl sites for hydroxylation is 1. The van der Waals surface area contributed by atoms with Crippen molar-refractivity contribution in [1.29, 1.82) is 0 Å². The molecule has 1 heterocycles. The van der Waals surface area contributed by atoms with Gasteiger partial charge in [0.1, 0.15) is 5.82 Å². The monoisotopic (exact) mass is 287 g/mol. The third kappa shape index (κ3) is 3.43. The van der Waals surface area contributed by atoms with Crippen LogP contribution < -0.4 is 0 Å². The van der Waals surface area contributed by atoms with Crippen LogP contribution in [0, 0.1) is 12.7 Å². The van der Waals surface area contributed by atoms with Crippen LogP contribution in [0.3, 0.4) is 0 Å². The van der Waals surface area contributed by atoms with Crippen LogP contribution in [0.2, 0.25) is 5.02 Å². The first-order valence-electron chi connectivity index (χ1n) is 5.98. The first kappa shape index (κ1) is 14.2. The smallest absolute Gasteiger partial charge is 0.334 e. The summed E-state index contributed by atoms with van der Waals surface area (Å²) in [6, 6.07) is 2.99. The molecule has 1 aromatic rings. The number of nitrogens with zero attached hydrogens (tertiary/aromatic N) is 1. The minimum atomic E-state index is -0.981. The van der Waals surface area contributed by atoms with Gasteiger partial charge in [0.2, 0.25) is 0 Å². The number of carboxylic acid groups (broad SMARTS) is 1. The Balaban J connectivity index is 2.08. The highest BCUT2D eigenvalue weighted by Gasteiger charge is 2.26. The van der Waals surface area contributed by atoms with Crippen molar-refractivity contribution in [2.45, 2.75) is 19.6 Å². The van der Waals surface area contributed by atoms with Gasteiger partial charge in [-0.05, 0) is 30.2 Å². The number of hydrogen-bond donors (Lipinski definition) is 1. The van der Waals surface area contributed by atoms with Gasteiger partial charge in [0, 0.05) is 24.7 Å². The molecule has 1 unspecified atom stereocenters. The molecular formula is C13H15ClFNO3. The Bertz CT molecular complexity index is 495. The highest BCUT2D eigenvalue weighted by molar-refractivity contribution is 6.31. The predicted molar refractivity (Wildman–Crippen MR) is 68.8 cm³/mol. The van der Waals surface area contributed by atoms with E-state index in [0.717, 1.165) is 0 Å². The van der Waals surface area contributed by atoms with Crippen LogP contribution in [0.4, 0.5) is 4.39 Å². The van der Waals surface area contributed by atoms with Gasteiger partial charge < -0.3 is 9.84 Å². The molecule has 1 saturated heterocycles. The lowest BCUT2D eigenvalue weighted by molar-refractivity contribution is -0.156. The minimum Gasteiger partial charge on any atom is -0.479 e. The molecule has 1 N–H and O–H groups in total. The van der Waals surface area contributed by atoms with Gasteiger partial charge in [0.15, 0.2) is 6.10 Å². The summed E-state index contributed by atoms with van der Waals surface area (Å²) in [5, 5.41) is 9.42. The maximum atomic E-state index is 13.5. The molecule has 1 aromatic carbocycles. The zero-order chi connectivity index (χ0) is 14.0. The van der Waals surface area contributed by atoms with Gasteiger partial charge in [-0.25, -0.2) is 9.18 Å². The summed E-state index contributed by atoms with van der Waals surface area (Å²) >= 11 is 6.08. The average molecular weight is 288 g/mol. The van der Waals surface area contributed by atoms with E-state index in [4.69, 9.17) is 21.4 Å². The average Bonchev–Trinajstić information content (AvgIpc) is 2.36. The Hall–Kier alpha value is -1.17. The van der Waals surface area contributed by atoms with Crippen LogP contribution in [-0.2, 0) is 16.1 Å². The summed E-state index contributed by atoms with van der Waals surface area (Å²) in [6.45, 7) is 3.31. The van der Waals surface area contributed by atoms with Crippen molar-refractivity contribution in [2.24, 2.45) is 0 Å². The molecule has 0 aromatic heterocycles. The van der Waals surface area contributed by atoms with Crippen molar-refractivity contribution in [1.82, 2.24) is 4.90 Å². The van der Waals surface area contributed by atoms with Crippen LogP contribution in [0.1, 0.15) is 11.1 Å². The van der Waals surface area contributed by atoms with Crippen molar-refractivity contribution in [3.63, 3.8) is 0 Å². The van der Waals surface area contributed by atoms with Crippen LogP contribution in [0.15, 0.2) is 12.1 Å². The van der Waals surface area contributed by atoms with E-state index in [1.165, 1.54) is 6.07 Å². The first-order chi connectivity index (χ1) is 8.97. The number of carboxylic acids is 1. The number of morpholine rings is 1. The molecule has 1 aliphatic heterocycles. The summed E-state index contributed by atoms with van der Waals surface area (Å²) in [5.74, 6) is -1.28. The maximum Gasteiger partial charge on any atom is 0.334 e. The number of benzene rings is 1. The van der Waals surface area contributed by atoms with E-state index in [0.29, 0.717) is 35.8 Å². The van der Waals surface area contributed by atoms with Crippen molar-refractivity contribution >= 4 is 17.6 Å². The second-order valence-corrected chi connectivity index (χ2v) is 5.03. The van der Waals surface area contributed by atoms with Gasteiger partial charge >= 0.3 is 5.97 Å². The van der Waals surface area contributed by atoms with E-state index >= 15 is 0 Å². The third-order valence-electron chi connectivity index (χ3n) is 3.15. The van der Waals surface area contributed by atoms with E-state index in [9.17, 15) is 9.18 Å². The SMILES string of the molecule is Cc1cc(Cl)c(CN2CCOC(C(=O)O)C2)cc1F. The molecule has 0 amide bonds. The van der Waals surface area contributed by atoms with E-state index in [-0.39, 0.29) is 12.4 Å². The summed E-state index contributed by atoms with van der Waals surface area (Å²) in [6.07, 6.45) is -0.831. The molecule has 0 bridgehead atoms. The van der Waals surface area contributed by atoms with E-state index in [1.54, 1.807) is 13.0 Å². The van der Waals surface area contributed by atoms with E-state index in [2.05, 4.69) is 0 Å². The first-order valence-corrected chi connectivity index (χ1v) is 6.36. The zero-order valence-corrected chi connectivity index (χ0v) is 11.3. The molecule has 0 aliphatic carbocycles. The van der Waals surface area contributed by atoms with Gasteiger partial charge in [-0.3, -0.25) is 4.90 Å². The Morgan fingerprint density at radius 2 is 2.37 bits per heavy atom. The molecule has 0 saturated carbocycles.